The summed E-state index contributed by atoms with van der Waals surface area (Å²) in [5, 5.41) is 3.59. The Morgan fingerprint density at radius 3 is 2.00 bits per heavy atom. The molecule has 0 amide bonds. The fourth-order valence-electron chi connectivity index (χ4n) is 3.56. The van der Waals surface area contributed by atoms with E-state index in [0.717, 1.165) is 38.4 Å². The summed E-state index contributed by atoms with van der Waals surface area (Å²) in [6.07, 6.45) is 14.6. The maximum absolute atomic E-state index is 5.51. The summed E-state index contributed by atoms with van der Waals surface area (Å²) < 4.78 is 16.1. The van der Waals surface area contributed by atoms with Gasteiger partial charge in [-0.2, -0.15) is 0 Å². The van der Waals surface area contributed by atoms with Crippen LogP contribution in [0.2, 0.25) is 0 Å². The second-order valence-corrected chi connectivity index (χ2v) is 7.29. The van der Waals surface area contributed by atoms with Gasteiger partial charge in [0.25, 0.3) is 5.97 Å². The van der Waals surface area contributed by atoms with Crippen LogP contribution in [-0.2, 0) is 14.2 Å². The molecule has 1 unspecified atom stereocenters. The molecule has 0 radical (unpaired) electrons. The topological polar surface area (TPSA) is 65.7 Å². The third-order valence-electron chi connectivity index (χ3n) is 5.25. The Kier molecular flexibility index (Phi) is 18.0. The van der Waals surface area contributed by atoms with E-state index >= 15 is 0 Å². The van der Waals surface area contributed by atoms with Crippen LogP contribution in [0.1, 0.15) is 84.0 Å². The minimum atomic E-state index is -0.867. The van der Waals surface area contributed by atoms with Crippen molar-refractivity contribution in [2.24, 2.45) is 11.7 Å². The maximum atomic E-state index is 5.51. The molecule has 1 atom stereocenters. The molecule has 5 heteroatoms. The van der Waals surface area contributed by atoms with Gasteiger partial charge < -0.3 is 25.3 Å². The molecule has 0 spiro atoms. The largest absolute Gasteiger partial charge is 0.331 e. The van der Waals surface area contributed by atoms with Crippen molar-refractivity contribution in [3.8, 4) is 0 Å². The van der Waals surface area contributed by atoms with Gasteiger partial charge in [0.15, 0.2) is 0 Å². The highest BCUT2D eigenvalue weighted by Gasteiger charge is 2.28. The van der Waals surface area contributed by atoms with E-state index < -0.39 is 5.97 Å². The number of hydrogen-bond acceptors (Lipinski definition) is 5. The van der Waals surface area contributed by atoms with Gasteiger partial charge in [0.2, 0.25) is 0 Å². The Labute approximate surface area is 162 Å². The predicted octanol–water partition coefficient (Wildman–Crippen LogP) is 4.45. The standard InChI is InChI=1S/C21H46N2O3/c1-5-13-20(14-8-9-16-21(24-2,25-3)26-4)15-12-19-23-18-11-7-6-10-17-22/h20,23H,5-19,22H2,1-4H3. The summed E-state index contributed by atoms with van der Waals surface area (Å²) in [5.41, 5.74) is 5.51. The zero-order valence-electron chi connectivity index (χ0n) is 18.0. The Morgan fingerprint density at radius 1 is 0.769 bits per heavy atom. The van der Waals surface area contributed by atoms with Crippen molar-refractivity contribution in [3.05, 3.63) is 0 Å². The van der Waals surface area contributed by atoms with Crippen molar-refractivity contribution in [1.29, 1.82) is 0 Å². The van der Waals surface area contributed by atoms with E-state index in [1.54, 1.807) is 21.3 Å². The summed E-state index contributed by atoms with van der Waals surface area (Å²) in [5.74, 6) is -0.0256. The number of hydrogen-bond donors (Lipinski definition) is 2. The maximum Gasteiger partial charge on any atom is 0.282 e. The molecule has 5 nitrogen and oxygen atoms in total. The molecule has 0 aliphatic carbocycles. The molecule has 158 valence electrons. The molecule has 0 rings (SSSR count). The lowest BCUT2D eigenvalue weighted by atomic mass is 9.92. The van der Waals surface area contributed by atoms with E-state index in [1.165, 1.54) is 64.2 Å². The number of nitrogens with one attached hydrogen (secondary N) is 1. The Morgan fingerprint density at radius 2 is 1.38 bits per heavy atom. The monoisotopic (exact) mass is 374 g/mol. The van der Waals surface area contributed by atoms with Gasteiger partial charge in [0.05, 0.1) is 0 Å². The van der Waals surface area contributed by atoms with E-state index in [2.05, 4.69) is 12.2 Å². The van der Waals surface area contributed by atoms with Crippen LogP contribution in [0.4, 0.5) is 0 Å². The van der Waals surface area contributed by atoms with Gasteiger partial charge in [-0.05, 0) is 57.7 Å². The molecule has 0 aromatic heterocycles. The van der Waals surface area contributed by atoms with E-state index in [4.69, 9.17) is 19.9 Å². The first kappa shape index (κ1) is 25.8. The fourth-order valence-corrected chi connectivity index (χ4v) is 3.56. The van der Waals surface area contributed by atoms with Crippen molar-refractivity contribution in [2.45, 2.75) is 89.9 Å². The van der Waals surface area contributed by atoms with Gasteiger partial charge in [-0.15, -0.1) is 0 Å². The van der Waals surface area contributed by atoms with Gasteiger partial charge in [-0.3, -0.25) is 0 Å². The average molecular weight is 375 g/mol. The fraction of sp³-hybridized carbons (Fsp3) is 1.00. The molecule has 0 bridgehead atoms. The third-order valence-corrected chi connectivity index (χ3v) is 5.25. The first-order chi connectivity index (χ1) is 12.7. The number of nitrogens with two attached hydrogens (primary N) is 1. The molecule has 0 aromatic rings. The van der Waals surface area contributed by atoms with Crippen LogP contribution in [0.3, 0.4) is 0 Å². The number of rotatable bonds is 20. The number of unbranched alkanes of at least 4 members (excludes halogenated alkanes) is 4. The first-order valence-electron chi connectivity index (χ1n) is 10.7. The molecule has 26 heavy (non-hydrogen) atoms. The zero-order valence-corrected chi connectivity index (χ0v) is 18.0. The minimum absolute atomic E-state index is 0.779. The van der Waals surface area contributed by atoms with Gasteiger partial charge in [-0.25, -0.2) is 0 Å². The van der Waals surface area contributed by atoms with Crippen molar-refractivity contribution >= 4 is 0 Å². The van der Waals surface area contributed by atoms with Crippen LogP contribution in [0.5, 0.6) is 0 Å². The smallest absolute Gasteiger partial charge is 0.282 e. The van der Waals surface area contributed by atoms with E-state index in [0.29, 0.717) is 0 Å². The van der Waals surface area contributed by atoms with E-state index in [-0.39, 0.29) is 0 Å². The van der Waals surface area contributed by atoms with Gasteiger partial charge in [0, 0.05) is 27.8 Å². The molecule has 0 saturated carbocycles. The lowest BCUT2D eigenvalue weighted by Crippen LogP contribution is -2.35. The van der Waals surface area contributed by atoms with E-state index in [9.17, 15) is 0 Å². The van der Waals surface area contributed by atoms with Crippen molar-refractivity contribution in [3.63, 3.8) is 0 Å². The van der Waals surface area contributed by atoms with Crippen molar-refractivity contribution < 1.29 is 14.2 Å². The molecule has 0 aliphatic heterocycles. The summed E-state index contributed by atoms with van der Waals surface area (Å²) >= 11 is 0. The highest BCUT2D eigenvalue weighted by Crippen LogP contribution is 2.24. The minimum Gasteiger partial charge on any atom is -0.331 e. The molecule has 0 heterocycles. The normalized spacial score (nSPS) is 13.3. The van der Waals surface area contributed by atoms with Crippen LogP contribution in [0.15, 0.2) is 0 Å². The Hall–Kier alpha value is -0.200. The second kappa shape index (κ2) is 18.2. The molecule has 0 fully saturated rings. The van der Waals surface area contributed by atoms with Crippen LogP contribution < -0.4 is 11.1 Å². The molecular weight excluding hydrogens is 328 g/mol. The highest BCUT2D eigenvalue weighted by molar-refractivity contribution is 4.63. The van der Waals surface area contributed by atoms with Gasteiger partial charge in [0.1, 0.15) is 0 Å². The van der Waals surface area contributed by atoms with Crippen LogP contribution in [-0.4, -0.2) is 46.9 Å². The van der Waals surface area contributed by atoms with Crippen LogP contribution >= 0.6 is 0 Å². The average Bonchev–Trinajstić information content (AvgIpc) is 2.67. The van der Waals surface area contributed by atoms with Crippen molar-refractivity contribution in [2.75, 3.05) is 41.0 Å². The zero-order chi connectivity index (χ0) is 19.5. The summed E-state index contributed by atoms with van der Waals surface area (Å²) in [7, 11) is 4.91. The second-order valence-electron chi connectivity index (χ2n) is 7.29. The van der Waals surface area contributed by atoms with Crippen molar-refractivity contribution in [1.82, 2.24) is 5.32 Å². The SMILES string of the molecule is CCCC(CCCCC(OC)(OC)OC)CCCNCCCCCCN. The van der Waals surface area contributed by atoms with Crippen LogP contribution in [0.25, 0.3) is 0 Å². The van der Waals surface area contributed by atoms with Crippen LogP contribution in [0, 0.1) is 5.92 Å². The lowest BCUT2D eigenvalue weighted by molar-refractivity contribution is -0.355. The Bertz CT molecular complexity index is 278. The number of ether oxygens (including phenoxy) is 3. The summed E-state index contributed by atoms with van der Waals surface area (Å²) in [4.78, 5) is 0. The first-order valence-corrected chi connectivity index (χ1v) is 10.7. The van der Waals surface area contributed by atoms with E-state index in [1.807, 2.05) is 0 Å². The van der Waals surface area contributed by atoms with Gasteiger partial charge in [-0.1, -0.05) is 45.4 Å². The number of methoxy groups -OCH3 is 3. The molecule has 0 aromatic carbocycles. The summed E-state index contributed by atoms with van der Waals surface area (Å²) in [6.45, 7) is 5.42. The quantitative estimate of drug-likeness (QED) is 0.243. The highest BCUT2D eigenvalue weighted by atomic mass is 16.9. The third kappa shape index (κ3) is 13.0. The Balaban J connectivity index is 3.76. The summed E-state index contributed by atoms with van der Waals surface area (Å²) in [6, 6.07) is 0. The predicted molar refractivity (Wildman–Crippen MR) is 110 cm³/mol. The molecular formula is C21H46N2O3. The molecule has 0 aliphatic rings. The van der Waals surface area contributed by atoms with Gasteiger partial charge >= 0.3 is 0 Å². The molecule has 3 N–H and O–H groups in total. The molecule has 0 saturated heterocycles. The lowest BCUT2D eigenvalue weighted by Gasteiger charge is -2.28.